The van der Waals surface area contributed by atoms with Crippen LogP contribution in [-0.2, 0) is 12.8 Å². The summed E-state index contributed by atoms with van der Waals surface area (Å²) in [6, 6.07) is 12.6. The first-order valence-electron chi connectivity index (χ1n) is 7.15. The minimum Gasteiger partial charge on any atom is -0.497 e. The summed E-state index contributed by atoms with van der Waals surface area (Å²) in [5.41, 5.74) is 5.10. The zero-order valence-electron chi connectivity index (χ0n) is 11.8. The summed E-state index contributed by atoms with van der Waals surface area (Å²) in [7, 11) is 1.69. The lowest BCUT2D eigenvalue weighted by Crippen LogP contribution is -1.91. The molecule has 1 heterocycles. The molecule has 1 aliphatic rings. The van der Waals surface area contributed by atoms with Gasteiger partial charge in [0.05, 0.1) is 17.3 Å². The van der Waals surface area contributed by atoms with Crippen molar-refractivity contribution < 1.29 is 4.74 Å². The molecule has 1 aromatic heterocycles. The normalized spacial score (nSPS) is 13.4. The fraction of sp³-hybridized carbons (Fsp3) is 0.235. The lowest BCUT2D eigenvalue weighted by Gasteiger charge is -2.05. The van der Waals surface area contributed by atoms with Gasteiger partial charge in [-0.15, -0.1) is 0 Å². The third-order valence-corrected chi connectivity index (χ3v) is 4.88. The molecule has 3 nitrogen and oxygen atoms in total. The molecule has 0 amide bonds. The van der Waals surface area contributed by atoms with E-state index in [1.54, 1.807) is 18.4 Å². The van der Waals surface area contributed by atoms with Crippen molar-refractivity contribution in [1.82, 2.24) is 4.98 Å². The summed E-state index contributed by atoms with van der Waals surface area (Å²) in [6.45, 7) is 0. The van der Waals surface area contributed by atoms with Crippen LogP contribution in [0.4, 0.5) is 10.8 Å². The maximum Gasteiger partial charge on any atom is 0.188 e. The minimum atomic E-state index is 0.871. The number of hydrogen-bond donors (Lipinski definition) is 1. The van der Waals surface area contributed by atoms with E-state index >= 15 is 0 Å². The molecule has 0 saturated heterocycles. The van der Waals surface area contributed by atoms with E-state index in [1.165, 1.54) is 30.4 Å². The molecule has 1 aliphatic carbocycles. The number of hydrogen-bond acceptors (Lipinski definition) is 4. The number of ether oxygens (including phenoxy) is 1. The monoisotopic (exact) mass is 296 g/mol. The van der Waals surface area contributed by atoms with Gasteiger partial charge < -0.3 is 10.1 Å². The van der Waals surface area contributed by atoms with E-state index in [0.717, 1.165) is 26.8 Å². The zero-order valence-corrected chi connectivity index (χ0v) is 12.7. The van der Waals surface area contributed by atoms with Crippen LogP contribution in [0.25, 0.3) is 10.2 Å². The smallest absolute Gasteiger partial charge is 0.188 e. The summed E-state index contributed by atoms with van der Waals surface area (Å²) < 4.78 is 6.40. The first-order chi connectivity index (χ1) is 10.3. The van der Waals surface area contributed by atoms with Crippen molar-refractivity contribution in [2.45, 2.75) is 19.3 Å². The summed E-state index contributed by atoms with van der Waals surface area (Å²) in [5.74, 6) is 0.871. The van der Waals surface area contributed by atoms with Crippen molar-refractivity contribution >= 4 is 32.4 Å². The Labute approximate surface area is 127 Å². The van der Waals surface area contributed by atoms with Gasteiger partial charge in [0.25, 0.3) is 0 Å². The molecular weight excluding hydrogens is 280 g/mol. The molecule has 0 aliphatic heterocycles. The summed E-state index contributed by atoms with van der Waals surface area (Å²) in [6.07, 6.45) is 3.69. The van der Waals surface area contributed by atoms with Gasteiger partial charge in [-0.05, 0) is 60.7 Å². The molecule has 0 spiro atoms. The van der Waals surface area contributed by atoms with E-state index in [0.29, 0.717) is 0 Å². The van der Waals surface area contributed by atoms with E-state index < -0.39 is 0 Å². The lowest BCUT2D eigenvalue weighted by molar-refractivity contribution is 0.415. The van der Waals surface area contributed by atoms with Crippen molar-refractivity contribution in [1.29, 1.82) is 0 Å². The van der Waals surface area contributed by atoms with E-state index in [1.807, 2.05) is 18.2 Å². The van der Waals surface area contributed by atoms with E-state index in [9.17, 15) is 0 Å². The molecule has 2 aromatic carbocycles. The fourth-order valence-electron chi connectivity index (χ4n) is 2.86. The molecule has 0 unspecified atom stereocenters. The molecule has 21 heavy (non-hydrogen) atoms. The number of thiazole rings is 1. The van der Waals surface area contributed by atoms with Crippen LogP contribution >= 0.6 is 11.3 Å². The molecule has 0 saturated carbocycles. The van der Waals surface area contributed by atoms with Gasteiger partial charge in [0, 0.05) is 5.69 Å². The number of fused-ring (bicyclic) bond motifs is 2. The van der Waals surface area contributed by atoms with Crippen molar-refractivity contribution in [3.8, 4) is 5.75 Å². The number of rotatable bonds is 3. The highest BCUT2D eigenvalue weighted by atomic mass is 32.1. The van der Waals surface area contributed by atoms with Gasteiger partial charge in [-0.25, -0.2) is 4.98 Å². The molecule has 0 radical (unpaired) electrons. The number of nitrogens with zero attached hydrogens (tertiary/aromatic N) is 1. The van der Waals surface area contributed by atoms with Crippen LogP contribution in [0.2, 0.25) is 0 Å². The second-order valence-electron chi connectivity index (χ2n) is 5.31. The Morgan fingerprint density at radius 1 is 1.10 bits per heavy atom. The summed E-state index contributed by atoms with van der Waals surface area (Å²) in [5, 5.41) is 4.35. The highest BCUT2D eigenvalue weighted by Gasteiger charge is 2.11. The van der Waals surface area contributed by atoms with E-state index in [4.69, 9.17) is 4.74 Å². The van der Waals surface area contributed by atoms with Crippen LogP contribution in [-0.4, -0.2) is 12.1 Å². The Kier molecular flexibility index (Phi) is 3.04. The Bertz CT molecular complexity index is 810. The average molecular weight is 296 g/mol. The molecule has 106 valence electrons. The fourth-order valence-corrected chi connectivity index (χ4v) is 3.77. The highest BCUT2D eigenvalue weighted by molar-refractivity contribution is 7.22. The SMILES string of the molecule is COc1ccc2nc(Nc3ccc4c(c3)CCC4)sc2c1. The van der Waals surface area contributed by atoms with Crippen LogP contribution in [0.3, 0.4) is 0 Å². The molecular formula is C17H16N2OS. The predicted molar refractivity (Wildman–Crippen MR) is 87.9 cm³/mol. The third-order valence-electron chi connectivity index (χ3n) is 3.95. The lowest BCUT2D eigenvalue weighted by atomic mass is 10.1. The van der Waals surface area contributed by atoms with Crippen LogP contribution < -0.4 is 10.1 Å². The third kappa shape index (κ3) is 2.36. The molecule has 0 atom stereocenters. The predicted octanol–water partition coefficient (Wildman–Crippen LogP) is 4.54. The Hall–Kier alpha value is -2.07. The second kappa shape index (κ2) is 5.04. The largest absolute Gasteiger partial charge is 0.497 e. The van der Waals surface area contributed by atoms with Gasteiger partial charge in [-0.2, -0.15) is 0 Å². The first kappa shape index (κ1) is 12.7. The molecule has 4 heteroatoms. The Morgan fingerprint density at radius 3 is 2.90 bits per heavy atom. The number of aromatic nitrogens is 1. The van der Waals surface area contributed by atoms with Crippen LogP contribution in [0.1, 0.15) is 17.5 Å². The second-order valence-corrected chi connectivity index (χ2v) is 6.35. The average Bonchev–Trinajstić information content (AvgIpc) is 3.11. The van der Waals surface area contributed by atoms with Crippen LogP contribution in [0.15, 0.2) is 36.4 Å². The Morgan fingerprint density at radius 2 is 2.00 bits per heavy atom. The number of aryl methyl sites for hydroxylation is 2. The topological polar surface area (TPSA) is 34.1 Å². The quantitative estimate of drug-likeness (QED) is 0.770. The first-order valence-corrected chi connectivity index (χ1v) is 7.97. The van der Waals surface area contributed by atoms with Crippen LogP contribution in [0, 0.1) is 0 Å². The van der Waals surface area contributed by atoms with Gasteiger partial charge >= 0.3 is 0 Å². The van der Waals surface area contributed by atoms with Crippen molar-refractivity contribution in [3.63, 3.8) is 0 Å². The van der Waals surface area contributed by atoms with Gasteiger partial charge in [0.1, 0.15) is 5.75 Å². The number of anilines is 2. The van der Waals surface area contributed by atoms with Gasteiger partial charge in [0.15, 0.2) is 5.13 Å². The van der Waals surface area contributed by atoms with Gasteiger partial charge in [-0.3, -0.25) is 0 Å². The summed E-state index contributed by atoms with van der Waals surface area (Å²) >= 11 is 1.65. The van der Waals surface area contributed by atoms with Crippen molar-refractivity contribution in [2.24, 2.45) is 0 Å². The maximum absolute atomic E-state index is 5.26. The van der Waals surface area contributed by atoms with Gasteiger partial charge in [0.2, 0.25) is 0 Å². The zero-order chi connectivity index (χ0) is 14.2. The van der Waals surface area contributed by atoms with E-state index in [-0.39, 0.29) is 0 Å². The molecule has 0 bridgehead atoms. The van der Waals surface area contributed by atoms with E-state index in [2.05, 4.69) is 28.5 Å². The number of benzene rings is 2. The highest BCUT2D eigenvalue weighted by Crippen LogP contribution is 2.32. The number of methoxy groups -OCH3 is 1. The molecule has 0 fully saturated rings. The molecule has 4 rings (SSSR count). The summed E-state index contributed by atoms with van der Waals surface area (Å²) in [4.78, 5) is 4.63. The standard InChI is InChI=1S/C17H16N2OS/c1-20-14-7-8-15-16(10-14)21-17(19-15)18-13-6-5-11-3-2-4-12(11)9-13/h5-10H,2-4H2,1H3,(H,18,19). The number of nitrogens with one attached hydrogen (secondary N) is 1. The molecule has 3 aromatic rings. The molecule has 1 N–H and O–H groups in total. The van der Waals surface area contributed by atoms with Crippen LogP contribution in [0.5, 0.6) is 5.75 Å². The van der Waals surface area contributed by atoms with Gasteiger partial charge in [-0.1, -0.05) is 17.4 Å². The van der Waals surface area contributed by atoms with Crippen molar-refractivity contribution in [3.05, 3.63) is 47.5 Å². The maximum atomic E-state index is 5.26. The minimum absolute atomic E-state index is 0.871. The Balaban J connectivity index is 1.64. The van der Waals surface area contributed by atoms with Crippen molar-refractivity contribution in [2.75, 3.05) is 12.4 Å².